The summed E-state index contributed by atoms with van der Waals surface area (Å²) in [6, 6.07) is 16.3. The second-order valence-electron chi connectivity index (χ2n) is 12.4. The molecular weight excluding hydrogens is 596 g/mol. The number of carbonyl (C=O) groups is 2. The van der Waals surface area contributed by atoms with Crippen LogP contribution in [-0.2, 0) is 35.4 Å². The number of anilines is 1. The average molecular weight is 635 g/mol. The van der Waals surface area contributed by atoms with Gasteiger partial charge < -0.3 is 15.2 Å². The Labute approximate surface area is 263 Å². The van der Waals surface area contributed by atoms with Crippen molar-refractivity contribution in [2.24, 2.45) is 5.73 Å². The van der Waals surface area contributed by atoms with Crippen LogP contribution < -0.4 is 10.6 Å². The molecule has 3 aromatic heterocycles. The van der Waals surface area contributed by atoms with E-state index in [1.807, 2.05) is 0 Å². The number of hydrogen-bond donors (Lipinski definition) is 1. The summed E-state index contributed by atoms with van der Waals surface area (Å²) in [5.74, 6) is -0.752. The molecule has 0 saturated heterocycles. The van der Waals surface area contributed by atoms with Gasteiger partial charge in [0, 0.05) is 31.2 Å². The lowest BCUT2D eigenvalue weighted by Crippen LogP contribution is -2.48. The second kappa shape index (κ2) is 12.8. The second-order valence-corrected chi connectivity index (χ2v) is 14.6. The molecule has 0 aliphatic rings. The van der Waals surface area contributed by atoms with Crippen molar-refractivity contribution < 1.29 is 27.5 Å². The molecule has 238 valence electrons. The third-order valence-corrected chi connectivity index (χ3v) is 8.54. The molecular formula is C32H38N6O6S. The zero-order chi connectivity index (χ0) is 33.0. The molecule has 45 heavy (non-hydrogen) atoms. The van der Waals surface area contributed by atoms with E-state index in [-0.39, 0.29) is 22.8 Å². The van der Waals surface area contributed by atoms with E-state index in [0.29, 0.717) is 5.56 Å². The van der Waals surface area contributed by atoms with E-state index in [1.165, 1.54) is 42.7 Å². The summed E-state index contributed by atoms with van der Waals surface area (Å²) < 4.78 is 41.2. The number of ether oxygens (including phenoxy) is 2. The highest BCUT2D eigenvalue weighted by Crippen LogP contribution is 2.34. The number of pyridine rings is 2. The number of aromatic nitrogens is 4. The van der Waals surface area contributed by atoms with Crippen molar-refractivity contribution in [3.63, 3.8) is 0 Å². The molecule has 0 fully saturated rings. The first kappa shape index (κ1) is 33.3. The average Bonchev–Trinajstić information content (AvgIpc) is 3.50. The molecule has 13 heteroatoms. The van der Waals surface area contributed by atoms with E-state index in [2.05, 4.69) is 15.1 Å². The smallest absolute Gasteiger partial charge is 0.416 e. The van der Waals surface area contributed by atoms with E-state index in [1.54, 1.807) is 88.9 Å². The zero-order valence-electron chi connectivity index (χ0n) is 26.2. The number of carbonyl (C=O) groups excluding carboxylic acids is 2. The summed E-state index contributed by atoms with van der Waals surface area (Å²) >= 11 is 0. The van der Waals surface area contributed by atoms with Crippen LogP contribution in [0.3, 0.4) is 0 Å². The summed E-state index contributed by atoms with van der Waals surface area (Å²) in [6.45, 7) is 9.63. The highest BCUT2D eigenvalue weighted by molar-refractivity contribution is 7.92. The van der Waals surface area contributed by atoms with Crippen molar-refractivity contribution in [2.45, 2.75) is 68.9 Å². The van der Waals surface area contributed by atoms with Gasteiger partial charge in [-0.05, 0) is 89.6 Å². The zero-order valence-corrected chi connectivity index (χ0v) is 27.0. The molecule has 0 saturated carbocycles. The minimum absolute atomic E-state index is 0.0437. The minimum atomic E-state index is -4.33. The first-order valence-electron chi connectivity index (χ1n) is 14.2. The van der Waals surface area contributed by atoms with Gasteiger partial charge in [0.25, 0.3) is 0 Å². The maximum atomic E-state index is 14.3. The van der Waals surface area contributed by atoms with Gasteiger partial charge in [-0.3, -0.25) is 14.7 Å². The predicted octanol–water partition coefficient (Wildman–Crippen LogP) is 4.57. The topological polar surface area (TPSA) is 160 Å². The molecule has 1 aromatic carbocycles. The van der Waals surface area contributed by atoms with Crippen LogP contribution in [0.25, 0.3) is 5.69 Å². The number of esters is 1. The van der Waals surface area contributed by atoms with Gasteiger partial charge in [0.05, 0.1) is 16.3 Å². The number of rotatable bonds is 9. The van der Waals surface area contributed by atoms with Gasteiger partial charge in [0.1, 0.15) is 23.6 Å². The summed E-state index contributed by atoms with van der Waals surface area (Å²) in [5, 5.41) is 4.22. The lowest BCUT2D eigenvalue weighted by Gasteiger charge is -2.31. The number of benzene rings is 1. The molecule has 1 unspecified atom stereocenters. The lowest BCUT2D eigenvalue weighted by molar-refractivity contribution is -0.153. The number of amides is 1. The van der Waals surface area contributed by atoms with Crippen molar-refractivity contribution in [2.75, 3.05) is 11.4 Å². The number of nitrogens with zero attached hydrogens (tertiary/aromatic N) is 5. The molecule has 4 rings (SSSR count). The van der Waals surface area contributed by atoms with Crippen molar-refractivity contribution in [3.05, 3.63) is 96.7 Å². The van der Waals surface area contributed by atoms with Crippen LogP contribution in [0.15, 0.2) is 90.3 Å². The van der Waals surface area contributed by atoms with Gasteiger partial charge in [-0.15, -0.1) is 0 Å². The van der Waals surface area contributed by atoms with Crippen LogP contribution in [0.1, 0.15) is 52.8 Å². The minimum Gasteiger partial charge on any atom is -0.459 e. The van der Waals surface area contributed by atoms with Crippen LogP contribution in [0.4, 0.5) is 10.6 Å². The van der Waals surface area contributed by atoms with Crippen LogP contribution in [0, 0.1) is 0 Å². The van der Waals surface area contributed by atoms with Crippen molar-refractivity contribution in [3.8, 4) is 5.69 Å². The molecule has 4 aromatic rings. The van der Waals surface area contributed by atoms with Crippen molar-refractivity contribution >= 4 is 27.7 Å². The molecule has 12 nitrogen and oxygen atoms in total. The molecule has 3 heterocycles. The van der Waals surface area contributed by atoms with Gasteiger partial charge in [-0.1, -0.05) is 18.2 Å². The van der Waals surface area contributed by atoms with Crippen molar-refractivity contribution in [1.29, 1.82) is 0 Å². The monoisotopic (exact) mass is 634 g/mol. The Morgan fingerprint density at radius 2 is 1.58 bits per heavy atom. The van der Waals surface area contributed by atoms with E-state index in [4.69, 9.17) is 15.2 Å². The van der Waals surface area contributed by atoms with E-state index < -0.39 is 44.5 Å². The summed E-state index contributed by atoms with van der Waals surface area (Å²) in [4.78, 5) is 33.5. The van der Waals surface area contributed by atoms with Gasteiger partial charge in [0.2, 0.25) is 9.84 Å². The van der Waals surface area contributed by atoms with Crippen LogP contribution in [0.2, 0.25) is 0 Å². The Morgan fingerprint density at radius 3 is 2.16 bits per heavy atom. The summed E-state index contributed by atoms with van der Waals surface area (Å²) in [7, 11) is -4.33. The lowest BCUT2D eigenvalue weighted by atomic mass is 10.0. The van der Waals surface area contributed by atoms with Crippen LogP contribution in [0.5, 0.6) is 0 Å². The van der Waals surface area contributed by atoms with Gasteiger partial charge in [0.15, 0.2) is 4.87 Å². The molecule has 2 N–H and O–H groups in total. The van der Waals surface area contributed by atoms with Crippen LogP contribution in [-0.4, -0.2) is 58.0 Å². The third-order valence-electron chi connectivity index (χ3n) is 6.36. The Morgan fingerprint density at radius 1 is 0.889 bits per heavy atom. The van der Waals surface area contributed by atoms with Gasteiger partial charge in [-0.2, -0.15) is 5.10 Å². The predicted molar refractivity (Wildman–Crippen MR) is 168 cm³/mol. The number of sulfone groups is 1. The van der Waals surface area contributed by atoms with Gasteiger partial charge in [-0.25, -0.2) is 22.9 Å². The van der Waals surface area contributed by atoms with Crippen LogP contribution >= 0.6 is 0 Å². The maximum Gasteiger partial charge on any atom is 0.416 e. The molecule has 1 amide bonds. The molecule has 0 spiro atoms. The Hall–Kier alpha value is -4.62. The fraction of sp³-hybridized carbons (Fsp3) is 0.344. The van der Waals surface area contributed by atoms with E-state index in [9.17, 15) is 18.0 Å². The largest absolute Gasteiger partial charge is 0.459 e. The molecule has 0 aliphatic carbocycles. The highest BCUT2D eigenvalue weighted by atomic mass is 32.2. The fourth-order valence-corrected chi connectivity index (χ4v) is 6.02. The van der Waals surface area contributed by atoms with Gasteiger partial charge >= 0.3 is 12.1 Å². The van der Waals surface area contributed by atoms with E-state index >= 15 is 0 Å². The molecule has 0 bridgehead atoms. The number of nitrogens with two attached hydrogens (primary N) is 1. The molecule has 1 atom stereocenters. The highest BCUT2D eigenvalue weighted by Gasteiger charge is 2.45. The SMILES string of the molecule is CC(C)(C)OC(=O)CN(C(=O)OC(C)(C)C)c1cccc(C(N)(Cc2ccc(-n3cccn3)cc2)S(=O)(=O)c2cccnc2)n1. The Balaban J connectivity index is 1.81. The normalized spacial score (nSPS) is 13.5. The van der Waals surface area contributed by atoms with E-state index in [0.717, 1.165) is 10.6 Å². The fourth-order valence-electron chi connectivity index (χ4n) is 4.40. The molecule has 0 aliphatic heterocycles. The maximum absolute atomic E-state index is 14.3. The number of hydrogen-bond acceptors (Lipinski definition) is 10. The first-order chi connectivity index (χ1) is 21.0. The molecule has 0 radical (unpaired) electrons. The standard InChI is InChI=1S/C32H38N6O6S/c1-30(2,3)43-28(39)22-37(29(40)44-31(4,5)6)27-12-7-11-26(36-27)32(33,45(41,42)25-10-8-17-34-21-25)20-23-13-15-24(16-14-23)38-19-9-18-35-38/h7-19,21H,20,22,33H2,1-6H3. The third kappa shape index (κ3) is 8.11. The summed E-state index contributed by atoms with van der Waals surface area (Å²) in [6.07, 6.45) is 5.07. The van der Waals surface area contributed by atoms with Crippen molar-refractivity contribution in [1.82, 2.24) is 19.7 Å². The quantitative estimate of drug-likeness (QED) is 0.258. The summed E-state index contributed by atoms with van der Waals surface area (Å²) in [5.41, 5.74) is 6.51. The first-order valence-corrected chi connectivity index (χ1v) is 15.7. The Kier molecular flexibility index (Phi) is 9.45. The Bertz CT molecular complexity index is 1730.